The Kier molecular flexibility index (Phi) is 3.17. The van der Waals surface area contributed by atoms with E-state index in [9.17, 15) is 9.50 Å². The van der Waals surface area contributed by atoms with Crippen LogP contribution in [0.5, 0.6) is 0 Å². The van der Waals surface area contributed by atoms with Crippen molar-refractivity contribution in [2.24, 2.45) is 0 Å². The Bertz CT molecular complexity index is 558. The Balaban J connectivity index is 2.66. The van der Waals surface area contributed by atoms with Crippen LogP contribution >= 0.6 is 0 Å². The number of nitrogens with zero attached hydrogens (tertiary/aromatic N) is 3. The largest absolute Gasteiger partial charge is 0.390 e. The third-order valence-corrected chi connectivity index (χ3v) is 2.68. The summed E-state index contributed by atoms with van der Waals surface area (Å²) >= 11 is 0. The van der Waals surface area contributed by atoms with Crippen LogP contribution in [-0.2, 0) is 12.0 Å². The van der Waals surface area contributed by atoms with Gasteiger partial charge in [0, 0.05) is 5.41 Å². The molecule has 2 rings (SSSR count). The third kappa shape index (κ3) is 2.13. The van der Waals surface area contributed by atoms with Crippen LogP contribution in [0.3, 0.4) is 0 Å². The van der Waals surface area contributed by atoms with Crippen molar-refractivity contribution < 1.29 is 9.50 Å². The van der Waals surface area contributed by atoms with Gasteiger partial charge in [0.05, 0.1) is 12.3 Å². The van der Waals surface area contributed by atoms with E-state index >= 15 is 0 Å². The number of para-hydroxylation sites is 1. The Morgan fingerprint density at radius 3 is 2.50 bits per heavy atom. The van der Waals surface area contributed by atoms with Gasteiger partial charge in [-0.3, -0.25) is 0 Å². The fraction of sp³-hybridized carbons (Fsp3) is 0.385. The van der Waals surface area contributed by atoms with E-state index in [4.69, 9.17) is 0 Å². The van der Waals surface area contributed by atoms with Crippen molar-refractivity contribution in [3.63, 3.8) is 0 Å². The van der Waals surface area contributed by atoms with Crippen LogP contribution in [0.4, 0.5) is 4.39 Å². The van der Waals surface area contributed by atoms with Crippen LogP contribution < -0.4 is 0 Å². The van der Waals surface area contributed by atoms with Crippen LogP contribution in [0.15, 0.2) is 24.3 Å². The molecule has 2 aromatic rings. The van der Waals surface area contributed by atoms with Gasteiger partial charge in [0.2, 0.25) is 0 Å². The van der Waals surface area contributed by atoms with E-state index in [1.165, 1.54) is 10.7 Å². The molecule has 18 heavy (non-hydrogen) atoms. The maximum absolute atomic E-state index is 13.8. The molecule has 0 spiro atoms. The minimum Gasteiger partial charge on any atom is -0.390 e. The van der Waals surface area contributed by atoms with Gasteiger partial charge in [0.25, 0.3) is 0 Å². The van der Waals surface area contributed by atoms with Crippen LogP contribution in [-0.4, -0.2) is 20.1 Å². The number of benzene rings is 1. The number of hydrogen-bond acceptors (Lipinski definition) is 3. The topological polar surface area (TPSA) is 50.9 Å². The van der Waals surface area contributed by atoms with Gasteiger partial charge in [-0.05, 0) is 12.1 Å². The van der Waals surface area contributed by atoms with Gasteiger partial charge in [0.1, 0.15) is 17.2 Å². The van der Waals surface area contributed by atoms with Crippen molar-refractivity contribution in [3.05, 3.63) is 41.5 Å². The molecule has 0 unspecified atom stereocenters. The molecule has 0 aliphatic rings. The molecule has 0 bridgehead atoms. The monoisotopic (exact) mass is 249 g/mol. The molecular formula is C13H16FN3O. The zero-order valence-electron chi connectivity index (χ0n) is 10.7. The Hall–Kier alpha value is -1.75. The summed E-state index contributed by atoms with van der Waals surface area (Å²) in [5, 5.41) is 17.2. The molecule has 0 radical (unpaired) electrons. The number of aliphatic hydroxyl groups excluding tert-OH is 1. The normalized spacial score (nSPS) is 11.8. The van der Waals surface area contributed by atoms with E-state index in [2.05, 4.69) is 10.3 Å². The molecule has 1 aromatic carbocycles. The molecule has 0 saturated heterocycles. The van der Waals surface area contributed by atoms with Crippen LogP contribution in [0.25, 0.3) is 5.69 Å². The van der Waals surface area contributed by atoms with Gasteiger partial charge in [-0.15, -0.1) is 5.10 Å². The Labute approximate surface area is 105 Å². The second-order valence-electron chi connectivity index (χ2n) is 5.16. The predicted octanol–water partition coefficient (Wildman–Crippen LogP) is 2.20. The van der Waals surface area contributed by atoms with Gasteiger partial charge >= 0.3 is 0 Å². The zero-order valence-corrected chi connectivity index (χ0v) is 10.7. The summed E-state index contributed by atoms with van der Waals surface area (Å²) in [4.78, 5) is 0. The summed E-state index contributed by atoms with van der Waals surface area (Å²) < 4.78 is 15.3. The molecule has 1 aromatic heterocycles. The Morgan fingerprint density at radius 2 is 1.94 bits per heavy atom. The van der Waals surface area contributed by atoms with E-state index in [1.54, 1.807) is 18.2 Å². The molecular weight excluding hydrogens is 233 g/mol. The number of aliphatic hydroxyl groups is 1. The summed E-state index contributed by atoms with van der Waals surface area (Å²) in [5.41, 5.74) is 1.25. The van der Waals surface area contributed by atoms with E-state index in [0.29, 0.717) is 11.4 Å². The second-order valence-corrected chi connectivity index (χ2v) is 5.16. The first-order valence-electron chi connectivity index (χ1n) is 5.76. The van der Waals surface area contributed by atoms with Gasteiger partial charge in [-0.2, -0.15) is 0 Å². The van der Waals surface area contributed by atoms with Crippen LogP contribution in [0, 0.1) is 5.82 Å². The SMILES string of the molecule is CC(C)(C)c1c(CO)nnn1-c1ccccc1F. The molecule has 5 heteroatoms. The van der Waals surface area contributed by atoms with Gasteiger partial charge in [-0.25, -0.2) is 9.07 Å². The van der Waals surface area contributed by atoms with Crippen molar-refractivity contribution in [2.45, 2.75) is 32.8 Å². The average Bonchev–Trinajstić information content (AvgIpc) is 2.73. The molecule has 0 aliphatic carbocycles. The molecule has 96 valence electrons. The fourth-order valence-electron chi connectivity index (χ4n) is 1.96. The van der Waals surface area contributed by atoms with E-state index in [0.717, 1.165) is 5.69 Å². The van der Waals surface area contributed by atoms with E-state index in [-0.39, 0.29) is 17.8 Å². The smallest absolute Gasteiger partial charge is 0.148 e. The maximum atomic E-state index is 13.8. The predicted molar refractivity (Wildman–Crippen MR) is 65.9 cm³/mol. The first kappa shape index (κ1) is 12.7. The lowest BCUT2D eigenvalue weighted by Crippen LogP contribution is -2.20. The van der Waals surface area contributed by atoms with Gasteiger partial charge < -0.3 is 5.11 Å². The summed E-state index contributed by atoms with van der Waals surface area (Å²) in [6.45, 7) is 5.72. The van der Waals surface area contributed by atoms with Crippen molar-refractivity contribution in [1.82, 2.24) is 15.0 Å². The van der Waals surface area contributed by atoms with Gasteiger partial charge in [0.15, 0.2) is 0 Å². The minimum atomic E-state index is -0.364. The average molecular weight is 249 g/mol. The van der Waals surface area contributed by atoms with Crippen molar-refractivity contribution in [1.29, 1.82) is 0 Å². The summed E-state index contributed by atoms with van der Waals surface area (Å²) in [6, 6.07) is 6.38. The molecule has 1 heterocycles. The van der Waals surface area contributed by atoms with E-state index < -0.39 is 0 Å². The lowest BCUT2D eigenvalue weighted by atomic mass is 9.90. The molecule has 0 amide bonds. The first-order valence-corrected chi connectivity index (χ1v) is 5.76. The highest BCUT2D eigenvalue weighted by Gasteiger charge is 2.26. The van der Waals surface area contributed by atoms with Crippen molar-refractivity contribution >= 4 is 0 Å². The highest BCUT2D eigenvalue weighted by atomic mass is 19.1. The van der Waals surface area contributed by atoms with E-state index in [1.807, 2.05) is 20.8 Å². The first-order chi connectivity index (χ1) is 8.45. The molecule has 0 atom stereocenters. The summed E-state index contributed by atoms with van der Waals surface area (Å²) in [6.07, 6.45) is 0. The molecule has 0 fully saturated rings. The fourth-order valence-corrected chi connectivity index (χ4v) is 1.96. The highest BCUT2D eigenvalue weighted by molar-refractivity contribution is 5.36. The lowest BCUT2D eigenvalue weighted by molar-refractivity contribution is 0.273. The maximum Gasteiger partial charge on any atom is 0.148 e. The van der Waals surface area contributed by atoms with Crippen LogP contribution in [0.1, 0.15) is 32.2 Å². The van der Waals surface area contributed by atoms with Crippen molar-refractivity contribution in [2.75, 3.05) is 0 Å². The Morgan fingerprint density at radius 1 is 1.28 bits per heavy atom. The van der Waals surface area contributed by atoms with Gasteiger partial charge in [-0.1, -0.05) is 38.1 Å². The molecule has 1 N–H and O–H groups in total. The summed E-state index contributed by atoms with van der Waals surface area (Å²) in [7, 11) is 0. The number of halogens is 1. The number of aromatic nitrogens is 3. The zero-order chi connectivity index (χ0) is 13.3. The quantitative estimate of drug-likeness (QED) is 0.887. The highest BCUT2D eigenvalue weighted by Crippen LogP contribution is 2.27. The second kappa shape index (κ2) is 4.49. The minimum absolute atomic E-state index is 0.207. The van der Waals surface area contributed by atoms with Crippen LogP contribution in [0.2, 0.25) is 0 Å². The molecule has 0 saturated carbocycles. The lowest BCUT2D eigenvalue weighted by Gasteiger charge is -2.21. The third-order valence-electron chi connectivity index (χ3n) is 2.68. The summed E-state index contributed by atoms with van der Waals surface area (Å²) in [5.74, 6) is -0.364. The van der Waals surface area contributed by atoms with Crippen molar-refractivity contribution in [3.8, 4) is 5.69 Å². The number of rotatable bonds is 2. The number of hydrogen-bond donors (Lipinski definition) is 1. The molecule has 0 aliphatic heterocycles. The standard InChI is InChI=1S/C13H16FN3O/c1-13(2,3)12-10(8-18)15-16-17(12)11-7-5-4-6-9(11)14/h4-7,18H,8H2,1-3H3. The molecule has 4 nitrogen and oxygen atoms in total.